The van der Waals surface area contributed by atoms with E-state index in [2.05, 4.69) is 34.6 Å². The number of benzene rings is 2. The number of fused-ring (bicyclic) bond motifs is 3. The number of nitrogens with one attached hydrogen (secondary N) is 2. The Labute approximate surface area is 199 Å². The van der Waals surface area contributed by atoms with Crippen molar-refractivity contribution in [3.05, 3.63) is 59.7 Å². The number of rotatable bonds is 9. The lowest BCUT2D eigenvalue weighted by Crippen LogP contribution is -2.46. The second kappa shape index (κ2) is 11.4. The standard InChI is InChI=1S/C27H30N2O5/c1-4-5-14-23(26(31)32)28-25(30)15-24(17(2)3)29-27(33)34-16-22-20-12-8-6-10-18(20)19-11-7-9-13-21(19)22/h6-13,17,22-24H,14-16H2,1-3H3,(H,28,30)(H,29,33)(H,31,32). The van der Waals surface area contributed by atoms with Crippen LogP contribution in [0, 0.1) is 17.8 Å². The summed E-state index contributed by atoms with van der Waals surface area (Å²) in [6, 6.07) is 14.6. The first-order chi connectivity index (χ1) is 16.3. The van der Waals surface area contributed by atoms with Crippen molar-refractivity contribution in [3.63, 3.8) is 0 Å². The van der Waals surface area contributed by atoms with Crippen LogP contribution in [0.3, 0.4) is 0 Å². The zero-order chi connectivity index (χ0) is 24.7. The molecule has 0 bridgehead atoms. The summed E-state index contributed by atoms with van der Waals surface area (Å²) in [5, 5.41) is 14.5. The number of alkyl carbamates (subject to hydrolysis) is 1. The van der Waals surface area contributed by atoms with Crippen LogP contribution < -0.4 is 10.6 Å². The zero-order valence-electron chi connectivity index (χ0n) is 19.6. The molecule has 0 saturated carbocycles. The van der Waals surface area contributed by atoms with Gasteiger partial charge in [0.2, 0.25) is 5.91 Å². The van der Waals surface area contributed by atoms with Gasteiger partial charge in [-0.2, -0.15) is 0 Å². The van der Waals surface area contributed by atoms with E-state index in [1.54, 1.807) is 6.92 Å². The van der Waals surface area contributed by atoms with Crippen LogP contribution in [0.1, 0.15) is 50.7 Å². The highest BCUT2D eigenvalue weighted by Crippen LogP contribution is 2.44. The third-order valence-corrected chi connectivity index (χ3v) is 5.97. The van der Waals surface area contributed by atoms with Crippen LogP contribution in [0.2, 0.25) is 0 Å². The summed E-state index contributed by atoms with van der Waals surface area (Å²) in [6.45, 7) is 5.53. The molecular formula is C27H30N2O5. The molecule has 0 spiro atoms. The first-order valence-corrected chi connectivity index (χ1v) is 11.3. The Kier molecular flexibility index (Phi) is 8.31. The highest BCUT2D eigenvalue weighted by molar-refractivity contribution is 5.84. The quantitative estimate of drug-likeness (QED) is 0.490. The van der Waals surface area contributed by atoms with Gasteiger partial charge in [0.25, 0.3) is 0 Å². The van der Waals surface area contributed by atoms with Crippen LogP contribution in [-0.4, -0.2) is 41.8 Å². The number of aliphatic carboxylic acids is 1. The largest absolute Gasteiger partial charge is 0.480 e. The Hall–Kier alpha value is -3.79. The van der Waals surface area contributed by atoms with E-state index in [1.807, 2.05) is 50.2 Å². The summed E-state index contributed by atoms with van der Waals surface area (Å²) < 4.78 is 5.58. The highest BCUT2D eigenvalue weighted by Gasteiger charge is 2.30. The van der Waals surface area contributed by atoms with Crippen LogP contribution >= 0.6 is 0 Å². The van der Waals surface area contributed by atoms with Crippen molar-refractivity contribution in [2.45, 2.75) is 51.6 Å². The highest BCUT2D eigenvalue weighted by atomic mass is 16.5. The fourth-order valence-electron chi connectivity index (χ4n) is 4.10. The molecule has 3 N–H and O–H groups in total. The van der Waals surface area contributed by atoms with Gasteiger partial charge in [-0.3, -0.25) is 4.79 Å². The van der Waals surface area contributed by atoms with E-state index >= 15 is 0 Å². The van der Waals surface area contributed by atoms with Crippen molar-refractivity contribution >= 4 is 18.0 Å². The Bertz CT molecular complexity index is 1070. The molecule has 0 aliphatic heterocycles. The lowest BCUT2D eigenvalue weighted by atomic mass is 9.98. The topological polar surface area (TPSA) is 105 Å². The minimum absolute atomic E-state index is 0.0176. The number of amides is 2. The average molecular weight is 463 g/mol. The molecule has 2 aromatic carbocycles. The number of ether oxygens (including phenoxy) is 1. The maximum atomic E-state index is 12.6. The fraction of sp³-hybridized carbons (Fsp3) is 0.370. The van der Waals surface area contributed by atoms with E-state index in [1.165, 1.54) is 0 Å². The van der Waals surface area contributed by atoms with Gasteiger partial charge in [-0.15, -0.1) is 11.8 Å². The van der Waals surface area contributed by atoms with Crippen molar-refractivity contribution < 1.29 is 24.2 Å². The summed E-state index contributed by atoms with van der Waals surface area (Å²) in [6.07, 6.45) is -0.658. The first kappa shape index (κ1) is 24.8. The van der Waals surface area contributed by atoms with Gasteiger partial charge in [0.1, 0.15) is 12.6 Å². The molecule has 0 saturated heterocycles. The lowest BCUT2D eigenvalue weighted by Gasteiger charge is -2.23. The fourth-order valence-corrected chi connectivity index (χ4v) is 4.10. The molecule has 2 atom stereocenters. The van der Waals surface area contributed by atoms with Gasteiger partial charge >= 0.3 is 12.1 Å². The minimum atomic E-state index is -1.15. The monoisotopic (exact) mass is 462 g/mol. The summed E-state index contributed by atoms with van der Waals surface area (Å²) >= 11 is 0. The van der Waals surface area contributed by atoms with Crippen LogP contribution in [0.5, 0.6) is 0 Å². The van der Waals surface area contributed by atoms with Gasteiger partial charge in [0.15, 0.2) is 0 Å². The second-order valence-corrected chi connectivity index (χ2v) is 8.61. The van der Waals surface area contributed by atoms with E-state index in [9.17, 15) is 19.5 Å². The lowest BCUT2D eigenvalue weighted by molar-refractivity contribution is -0.141. The minimum Gasteiger partial charge on any atom is -0.480 e. The average Bonchev–Trinajstić information content (AvgIpc) is 3.13. The number of hydrogen-bond acceptors (Lipinski definition) is 4. The van der Waals surface area contributed by atoms with E-state index < -0.39 is 30.1 Å². The molecule has 0 fully saturated rings. The molecule has 7 heteroatoms. The Morgan fingerprint density at radius 1 is 1.00 bits per heavy atom. The molecular weight excluding hydrogens is 432 g/mol. The van der Waals surface area contributed by atoms with E-state index in [-0.39, 0.29) is 31.3 Å². The number of carboxylic acid groups (broad SMARTS) is 1. The molecule has 0 radical (unpaired) electrons. The van der Waals surface area contributed by atoms with Crippen LogP contribution in [0.15, 0.2) is 48.5 Å². The maximum Gasteiger partial charge on any atom is 0.407 e. The molecule has 3 rings (SSSR count). The molecule has 34 heavy (non-hydrogen) atoms. The van der Waals surface area contributed by atoms with Gasteiger partial charge in [-0.25, -0.2) is 9.59 Å². The number of carboxylic acids is 1. The summed E-state index contributed by atoms with van der Waals surface area (Å²) in [7, 11) is 0. The van der Waals surface area contributed by atoms with E-state index in [0.29, 0.717) is 0 Å². The summed E-state index contributed by atoms with van der Waals surface area (Å²) in [5.41, 5.74) is 4.52. The van der Waals surface area contributed by atoms with E-state index in [0.717, 1.165) is 22.3 Å². The SMILES string of the molecule is CC#CCC(NC(=O)CC(NC(=O)OCC1c2ccccc2-c2ccccc21)C(C)C)C(=O)O. The molecule has 7 nitrogen and oxygen atoms in total. The van der Waals surface area contributed by atoms with Crippen molar-refractivity contribution in [1.82, 2.24) is 10.6 Å². The third-order valence-electron chi connectivity index (χ3n) is 5.97. The maximum absolute atomic E-state index is 12.6. The summed E-state index contributed by atoms with van der Waals surface area (Å²) in [5.74, 6) is 3.54. The van der Waals surface area contributed by atoms with Crippen molar-refractivity contribution in [3.8, 4) is 23.0 Å². The van der Waals surface area contributed by atoms with Gasteiger partial charge < -0.3 is 20.5 Å². The van der Waals surface area contributed by atoms with Crippen LogP contribution in [0.25, 0.3) is 11.1 Å². The smallest absolute Gasteiger partial charge is 0.407 e. The molecule has 1 aliphatic rings. The van der Waals surface area contributed by atoms with Crippen molar-refractivity contribution in [2.75, 3.05) is 6.61 Å². The molecule has 0 aromatic heterocycles. The summed E-state index contributed by atoms with van der Waals surface area (Å²) in [4.78, 5) is 36.4. The predicted molar refractivity (Wildman–Crippen MR) is 129 cm³/mol. The zero-order valence-corrected chi connectivity index (χ0v) is 19.6. The molecule has 1 aliphatic carbocycles. The molecule has 2 amide bonds. The predicted octanol–water partition coefficient (Wildman–Crippen LogP) is 3.92. The third kappa shape index (κ3) is 5.96. The Balaban J connectivity index is 1.60. The van der Waals surface area contributed by atoms with Gasteiger partial charge in [-0.05, 0) is 35.1 Å². The van der Waals surface area contributed by atoms with Crippen molar-refractivity contribution in [2.24, 2.45) is 5.92 Å². The Morgan fingerprint density at radius 2 is 1.59 bits per heavy atom. The number of carbonyl (C=O) groups is 3. The van der Waals surface area contributed by atoms with Gasteiger partial charge in [0, 0.05) is 24.8 Å². The number of carbonyl (C=O) groups excluding carboxylic acids is 2. The second-order valence-electron chi connectivity index (χ2n) is 8.61. The first-order valence-electron chi connectivity index (χ1n) is 11.3. The molecule has 2 aromatic rings. The molecule has 2 unspecified atom stereocenters. The molecule has 178 valence electrons. The van der Waals surface area contributed by atoms with Crippen LogP contribution in [-0.2, 0) is 14.3 Å². The molecule has 0 heterocycles. The van der Waals surface area contributed by atoms with Crippen molar-refractivity contribution in [1.29, 1.82) is 0 Å². The normalized spacial score (nSPS) is 13.6. The van der Waals surface area contributed by atoms with Crippen LogP contribution in [0.4, 0.5) is 4.79 Å². The van der Waals surface area contributed by atoms with Gasteiger partial charge in [-0.1, -0.05) is 62.4 Å². The Morgan fingerprint density at radius 3 is 2.12 bits per heavy atom. The van der Waals surface area contributed by atoms with Gasteiger partial charge in [0.05, 0.1) is 0 Å². The van der Waals surface area contributed by atoms with E-state index in [4.69, 9.17) is 4.74 Å². The number of hydrogen-bond donors (Lipinski definition) is 3.